The summed E-state index contributed by atoms with van der Waals surface area (Å²) in [6, 6.07) is 8.88. The smallest absolute Gasteiger partial charge is 0.408 e. The van der Waals surface area contributed by atoms with Gasteiger partial charge in [0.2, 0.25) is 0 Å². The number of hydrogen-bond donors (Lipinski definition) is 1. The van der Waals surface area contributed by atoms with Crippen LogP contribution in [0.15, 0.2) is 55.3 Å². The van der Waals surface area contributed by atoms with Crippen LogP contribution in [-0.4, -0.2) is 64.2 Å². The molecule has 0 aliphatic carbocycles. The molecule has 2 aliphatic rings. The molecular formula is C36H45FN2O7. The van der Waals surface area contributed by atoms with Crippen molar-refractivity contribution in [3.8, 4) is 0 Å². The van der Waals surface area contributed by atoms with Crippen molar-refractivity contribution in [2.24, 2.45) is 23.7 Å². The van der Waals surface area contributed by atoms with Gasteiger partial charge in [-0.1, -0.05) is 71.0 Å². The highest BCUT2D eigenvalue weighted by Crippen LogP contribution is 2.41. The van der Waals surface area contributed by atoms with Crippen molar-refractivity contribution in [3.63, 3.8) is 0 Å². The molecule has 2 saturated heterocycles. The molecule has 0 bridgehead atoms. The first-order valence-electron chi connectivity index (χ1n) is 15.9. The summed E-state index contributed by atoms with van der Waals surface area (Å²) in [4.78, 5) is 58.0. The molecule has 2 aliphatic heterocycles. The van der Waals surface area contributed by atoms with Crippen LogP contribution in [0.25, 0.3) is 17.0 Å². The number of cyclic esters (lactones) is 1. The van der Waals surface area contributed by atoms with E-state index in [2.05, 4.69) is 16.9 Å². The zero-order chi connectivity index (χ0) is 34.0. The second-order valence-corrected chi connectivity index (χ2v) is 13.1. The quantitative estimate of drug-likeness (QED) is 0.226. The van der Waals surface area contributed by atoms with Crippen molar-refractivity contribution in [1.29, 1.82) is 0 Å². The predicted molar refractivity (Wildman–Crippen MR) is 172 cm³/mol. The molecule has 1 aromatic heterocycles. The third-order valence-electron chi connectivity index (χ3n) is 10.0. The van der Waals surface area contributed by atoms with Gasteiger partial charge in [0.15, 0.2) is 11.4 Å². The molecule has 2 fully saturated rings. The number of esters is 1. The van der Waals surface area contributed by atoms with Crippen LogP contribution in [-0.2, 0) is 28.6 Å². The van der Waals surface area contributed by atoms with E-state index in [1.807, 2.05) is 36.4 Å². The number of ketones is 2. The van der Waals surface area contributed by atoms with Gasteiger partial charge in [0, 0.05) is 29.3 Å². The minimum atomic E-state index is -3.00. The molecule has 1 aromatic carbocycles. The monoisotopic (exact) mass is 636 g/mol. The van der Waals surface area contributed by atoms with Gasteiger partial charge in [0.05, 0.1) is 23.8 Å². The molecular weight excluding hydrogens is 591 g/mol. The van der Waals surface area contributed by atoms with Crippen LogP contribution < -0.4 is 5.32 Å². The number of ether oxygens (including phenoxy) is 3. The third-order valence-corrected chi connectivity index (χ3v) is 10.0. The molecule has 1 amide bonds. The van der Waals surface area contributed by atoms with Gasteiger partial charge in [-0.2, -0.15) is 0 Å². The van der Waals surface area contributed by atoms with E-state index < -0.39 is 70.5 Å². The van der Waals surface area contributed by atoms with Gasteiger partial charge in [-0.3, -0.25) is 14.6 Å². The topological polar surface area (TPSA) is 121 Å². The fraction of sp³-hybridized carbons (Fsp3) is 0.528. The first-order valence-corrected chi connectivity index (χ1v) is 15.9. The number of pyridine rings is 1. The number of para-hydroxylation sites is 1. The Balaban J connectivity index is 1.70. The lowest BCUT2D eigenvalue weighted by atomic mass is 9.69. The fourth-order valence-electron chi connectivity index (χ4n) is 6.94. The number of carbonyl (C=O) groups excluding carboxylic acids is 4. The maximum absolute atomic E-state index is 16.2. The lowest BCUT2D eigenvalue weighted by Gasteiger charge is -2.43. The molecule has 0 saturated carbocycles. The summed E-state index contributed by atoms with van der Waals surface area (Å²) in [5.74, 6) is -5.69. The Morgan fingerprint density at radius 1 is 1.11 bits per heavy atom. The van der Waals surface area contributed by atoms with Gasteiger partial charge in [-0.15, -0.1) is 6.58 Å². The van der Waals surface area contributed by atoms with Gasteiger partial charge in [-0.05, 0) is 50.3 Å². The number of benzene rings is 1. The number of nitrogens with zero attached hydrogens (tertiary/aromatic N) is 1. The summed E-state index contributed by atoms with van der Waals surface area (Å²) >= 11 is 0. The molecule has 0 unspecified atom stereocenters. The number of carbonyl (C=O) groups is 4. The summed E-state index contributed by atoms with van der Waals surface area (Å²) in [7, 11) is 0. The van der Waals surface area contributed by atoms with Crippen molar-refractivity contribution in [1.82, 2.24) is 10.3 Å². The summed E-state index contributed by atoms with van der Waals surface area (Å²) < 4.78 is 33.8. The first kappa shape index (κ1) is 34.9. The lowest BCUT2D eigenvalue weighted by Crippen LogP contribution is -2.58. The highest BCUT2D eigenvalue weighted by molar-refractivity contribution is 6.07. The minimum absolute atomic E-state index is 0.0816. The van der Waals surface area contributed by atoms with Gasteiger partial charge >= 0.3 is 12.1 Å². The van der Waals surface area contributed by atoms with E-state index in [0.29, 0.717) is 0 Å². The number of halogens is 1. The third kappa shape index (κ3) is 6.49. The second kappa shape index (κ2) is 13.4. The van der Waals surface area contributed by atoms with Crippen LogP contribution in [0.3, 0.4) is 0 Å². The number of Topliss-reactive ketones (excluding diaryl/α,β-unsaturated/α-hetero) is 2. The molecule has 46 heavy (non-hydrogen) atoms. The highest BCUT2D eigenvalue weighted by Gasteiger charge is 2.58. The molecule has 9 atom stereocenters. The Bertz CT molecular complexity index is 1540. The fourth-order valence-corrected chi connectivity index (χ4v) is 6.94. The Morgan fingerprint density at radius 2 is 1.80 bits per heavy atom. The van der Waals surface area contributed by atoms with E-state index in [1.165, 1.54) is 6.92 Å². The van der Waals surface area contributed by atoms with Gasteiger partial charge in [0.25, 0.3) is 5.67 Å². The van der Waals surface area contributed by atoms with Gasteiger partial charge in [0.1, 0.15) is 11.9 Å². The summed E-state index contributed by atoms with van der Waals surface area (Å²) in [6.07, 6.45) is 5.33. The summed E-state index contributed by atoms with van der Waals surface area (Å²) in [6.45, 7) is 14.9. The minimum Gasteiger partial charge on any atom is -0.455 e. The van der Waals surface area contributed by atoms with Crippen LogP contribution in [0.2, 0.25) is 0 Å². The number of nitrogens with one attached hydrogen (secondary N) is 1. The Hall–Kier alpha value is -3.92. The normalized spacial score (nSPS) is 36.1. The van der Waals surface area contributed by atoms with E-state index in [0.717, 1.165) is 23.4 Å². The Kier molecular flexibility index (Phi) is 10.2. The van der Waals surface area contributed by atoms with Crippen molar-refractivity contribution in [2.45, 2.75) is 90.3 Å². The Morgan fingerprint density at radius 3 is 2.48 bits per heavy atom. The van der Waals surface area contributed by atoms with Crippen LogP contribution in [0.1, 0.15) is 66.9 Å². The molecule has 0 spiro atoms. The number of rotatable bonds is 6. The van der Waals surface area contributed by atoms with E-state index in [1.54, 1.807) is 53.0 Å². The van der Waals surface area contributed by atoms with Gasteiger partial charge < -0.3 is 19.5 Å². The summed E-state index contributed by atoms with van der Waals surface area (Å²) in [5.41, 5.74) is -4.04. The van der Waals surface area contributed by atoms with E-state index in [9.17, 15) is 19.2 Å². The molecule has 1 N–H and O–H groups in total. The molecule has 9 nitrogen and oxygen atoms in total. The van der Waals surface area contributed by atoms with E-state index in [4.69, 9.17) is 14.2 Å². The maximum Gasteiger partial charge on any atom is 0.408 e. The lowest BCUT2D eigenvalue weighted by molar-refractivity contribution is -0.180. The zero-order valence-corrected chi connectivity index (χ0v) is 27.7. The standard InChI is InChI=1S/C36H45FN2O7/c1-9-28-35(8)30(39-33(43)46-35)23(5)29(40)21(3)19-36(10-2,24(6)22(4)31(41)34(7,37)32(42)45-28)44-17-13-14-25-18-26-15-11-12-16-27(26)38-20-25/h10-16,18,20-24,28,30H,2,9,17,19H2,1,3-8H3,(H,39,43)/b14-13+/t21-,22-,23+,24-,28-,30-,34+,35-,36-/m1/s1. The van der Waals surface area contributed by atoms with Crippen molar-refractivity contribution in [3.05, 3.63) is 60.8 Å². The number of alkyl halides is 1. The number of hydrogen-bond acceptors (Lipinski definition) is 8. The second-order valence-electron chi connectivity index (χ2n) is 13.1. The van der Waals surface area contributed by atoms with Crippen LogP contribution in [0.4, 0.5) is 9.18 Å². The van der Waals surface area contributed by atoms with Crippen LogP contribution >= 0.6 is 0 Å². The van der Waals surface area contributed by atoms with Crippen molar-refractivity contribution in [2.75, 3.05) is 6.61 Å². The molecule has 0 radical (unpaired) electrons. The van der Waals surface area contributed by atoms with E-state index in [-0.39, 0.29) is 25.2 Å². The number of alkyl carbamates (subject to hydrolysis) is 1. The zero-order valence-electron chi connectivity index (χ0n) is 27.7. The molecule has 4 rings (SSSR count). The Labute approximate surface area is 269 Å². The highest BCUT2D eigenvalue weighted by atomic mass is 19.1. The van der Waals surface area contributed by atoms with Crippen LogP contribution in [0.5, 0.6) is 0 Å². The van der Waals surface area contributed by atoms with Gasteiger partial charge in [-0.25, -0.2) is 14.0 Å². The average molecular weight is 637 g/mol. The van der Waals surface area contributed by atoms with E-state index >= 15 is 4.39 Å². The molecule has 3 heterocycles. The molecule has 2 aromatic rings. The predicted octanol–water partition coefficient (Wildman–Crippen LogP) is 6.19. The number of fused-ring (bicyclic) bond motifs is 2. The summed E-state index contributed by atoms with van der Waals surface area (Å²) in [5, 5.41) is 3.69. The molecule has 10 heteroatoms. The van der Waals surface area contributed by atoms with Crippen molar-refractivity contribution >= 4 is 40.6 Å². The average Bonchev–Trinajstić information content (AvgIpc) is 3.36. The number of amides is 1. The SMILES string of the molecule is C=C[C@@]1(OC/C=C/c2cnc3ccccc3c2)C[C@@H](C)C(=O)[C@H](C)[C@H]2NC(=O)O[C@]2(C)[C@@H](CC)OC(=O)[C@@](C)(F)C(=O)[C@H](C)[C@H]1C. The molecule has 248 valence electrons. The largest absolute Gasteiger partial charge is 0.455 e. The first-order chi connectivity index (χ1) is 21.6. The van der Waals surface area contributed by atoms with Crippen LogP contribution in [0, 0.1) is 23.7 Å². The number of aromatic nitrogens is 1. The maximum atomic E-state index is 16.2. The van der Waals surface area contributed by atoms with Crippen molar-refractivity contribution < 1.29 is 37.8 Å².